The number of benzene rings is 3. The van der Waals surface area contributed by atoms with Gasteiger partial charge in [-0.25, -0.2) is 4.79 Å². The Labute approximate surface area is 438 Å². The van der Waals surface area contributed by atoms with E-state index in [2.05, 4.69) is 43.7 Å². The number of esters is 1. The van der Waals surface area contributed by atoms with Gasteiger partial charge in [-0.3, -0.25) is 33.6 Å². The van der Waals surface area contributed by atoms with Crippen LogP contribution in [0, 0.1) is 17.8 Å². The lowest BCUT2D eigenvalue weighted by atomic mass is 10.0. The Balaban J connectivity index is 1.19. The number of nitrogens with zero attached hydrogens (tertiary/aromatic N) is 1. The quantitative estimate of drug-likeness (QED) is 0.0271. The molecule has 21 heteroatoms. The second kappa shape index (κ2) is 31.4. The highest BCUT2D eigenvalue weighted by Crippen LogP contribution is 2.26. The van der Waals surface area contributed by atoms with Gasteiger partial charge in [-0.2, -0.15) is 0 Å². The number of hydrogen-bond acceptors (Lipinski definition) is 13. The molecule has 3 unspecified atom stereocenters. The minimum absolute atomic E-state index is 0.000529. The summed E-state index contributed by atoms with van der Waals surface area (Å²) in [7, 11) is 0. The van der Waals surface area contributed by atoms with Crippen molar-refractivity contribution >= 4 is 58.8 Å². The number of nitrogens with one attached hydrogen (secondary N) is 6. The lowest BCUT2D eigenvalue weighted by Gasteiger charge is -2.27. The Kier molecular flexibility index (Phi) is 25.2. The first-order valence-corrected chi connectivity index (χ1v) is 25.0. The van der Waals surface area contributed by atoms with Crippen LogP contribution < -0.4 is 42.5 Å². The van der Waals surface area contributed by atoms with E-state index in [-0.39, 0.29) is 103 Å². The van der Waals surface area contributed by atoms with Gasteiger partial charge in [0, 0.05) is 49.2 Å². The molecule has 21 nitrogen and oxygen atoms in total. The van der Waals surface area contributed by atoms with E-state index in [4.69, 9.17) is 24.7 Å². The number of aliphatic hydroxyl groups excluding tert-OH is 1. The predicted molar refractivity (Wildman–Crippen MR) is 278 cm³/mol. The van der Waals surface area contributed by atoms with Crippen LogP contribution in [0.15, 0.2) is 72.8 Å². The molecule has 1 aliphatic heterocycles. The molecule has 3 aromatic rings. The van der Waals surface area contributed by atoms with Gasteiger partial charge in [0.05, 0.1) is 51.9 Å². The van der Waals surface area contributed by atoms with E-state index in [1.165, 1.54) is 0 Å². The monoisotopic (exact) mass is 1040 g/mol. The Morgan fingerprint density at radius 3 is 2.00 bits per heavy atom. The van der Waals surface area contributed by atoms with Gasteiger partial charge < -0.3 is 66.6 Å². The first-order valence-electron chi connectivity index (χ1n) is 25.0. The molecule has 0 aromatic heterocycles. The first kappa shape index (κ1) is 60.2. The lowest BCUT2D eigenvalue weighted by molar-refractivity contribution is -0.155. The fraction of sp³-hybridized carbons (Fsp3) is 0.481. The highest BCUT2D eigenvalue weighted by molar-refractivity contribution is 5.99. The van der Waals surface area contributed by atoms with E-state index in [0.717, 1.165) is 16.7 Å². The smallest absolute Gasteiger partial charge is 0.312 e. The Hall–Kier alpha value is -7.38. The third kappa shape index (κ3) is 22.3. The molecule has 406 valence electrons. The van der Waals surface area contributed by atoms with E-state index in [0.29, 0.717) is 23.5 Å². The van der Waals surface area contributed by atoms with Crippen molar-refractivity contribution in [1.29, 1.82) is 0 Å². The molecule has 75 heavy (non-hydrogen) atoms. The van der Waals surface area contributed by atoms with Crippen molar-refractivity contribution in [2.45, 2.75) is 110 Å². The van der Waals surface area contributed by atoms with Gasteiger partial charge in [0.15, 0.2) is 0 Å². The Bertz CT molecular complexity index is 2470. The number of nitrogens with two attached hydrogens (primary N) is 1. The topological polar surface area (TPSA) is 295 Å². The summed E-state index contributed by atoms with van der Waals surface area (Å²) in [6.07, 6.45) is -0.0874. The molecular weight excluding hydrogens is 969 g/mol. The molecule has 0 saturated heterocycles. The summed E-state index contributed by atoms with van der Waals surface area (Å²) in [5.74, 6) is 2.01. The summed E-state index contributed by atoms with van der Waals surface area (Å²) in [6.45, 7) is 9.18. The molecule has 0 spiro atoms. The molecule has 0 radical (unpaired) electrons. The van der Waals surface area contributed by atoms with E-state index >= 15 is 0 Å². The summed E-state index contributed by atoms with van der Waals surface area (Å²) in [4.78, 5) is 106. The van der Waals surface area contributed by atoms with Crippen LogP contribution in [-0.2, 0) is 65.7 Å². The number of anilines is 2. The maximum atomic E-state index is 13.8. The zero-order valence-corrected chi connectivity index (χ0v) is 43.4. The summed E-state index contributed by atoms with van der Waals surface area (Å²) in [5.41, 5.74) is 8.61. The van der Waals surface area contributed by atoms with Crippen molar-refractivity contribution in [2.24, 2.45) is 11.7 Å². The number of rotatable bonds is 30. The molecule has 4 rings (SSSR count). The van der Waals surface area contributed by atoms with Gasteiger partial charge in [-0.15, -0.1) is 0 Å². The van der Waals surface area contributed by atoms with Crippen molar-refractivity contribution in [3.05, 3.63) is 95.1 Å². The van der Waals surface area contributed by atoms with E-state index < -0.39 is 71.9 Å². The van der Waals surface area contributed by atoms with Gasteiger partial charge in [-0.05, 0) is 87.4 Å². The summed E-state index contributed by atoms with van der Waals surface area (Å²) in [6, 6.07) is 17.2. The molecule has 0 aliphatic carbocycles. The third-order valence-corrected chi connectivity index (χ3v) is 11.2. The zero-order valence-electron chi connectivity index (χ0n) is 43.4. The van der Waals surface area contributed by atoms with E-state index in [1.807, 2.05) is 48.5 Å². The van der Waals surface area contributed by atoms with Gasteiger partial charge in [-0.1, -0.05) is 68.2 Å². The van der Waals surface area contributed by atoms with Crippen LogP contribution in [0.5, 0.6) is 0 Å². The molecule has 8 amide bonds. The van der Waals surface area contributed by atoms with Crippen molar-refractivity contribution in [3.63, 3.8) is 0 Å². The van der Waals surface area contributed by atoms with E-state index in [1.54, 1.807) is 63.8 Å². The fourth-order valence-corrected chi connectivity index (χ4v) is 7.44. The number of para-hydroxylation sites is 1. The van der Waals surface area contributed by atoms with Crippen LogP contribution >= 0.6 is 0 Å². The fourth-order valence-electron chi connectivity index (χ4n) is 7.44. The zero-order chi connectivity index (χ0) is 54.8. The predicted octanol–water partition coefficient (Wildman–Crippen LogP) is 2.69. The average molecular weight is 1040 g/mol. The minimum atomic E-state index is -1.30. The average Bonchev–Trinajstić information content (AvgIpc) is 3.36. The minimum Gasteiger partial charge on any atom is -0.460 e. The summed E-state index contributed by atoms with van der Waals surface area (Å²) < 4.78 is 22.0. The van der Waals surface area contributed by atoms with Crippen LogP contribution in [0.4, 0.5) is 16.2 Å². The Morgan fingerprint density at radius 2 is 1.32 bits per heavy atom. The highest BCUT2D eigenvalue weighted by atomic mass is 16.6. The number of carbonyl (C=O) groups is 8. The number of primary amides is 1. The maximum absolute atomic E-state index is 13.8. The number of fused-ring (bicyclic) bond motifs is 2. The third-order valence-electron chi connectivity index (χ3n) is 11.2. The number of urea groups is 1. The number of aliphatic hydroxyl groups is 1. The summed E-state index contributed by atoms with van der Waals surface area (Å²) >= 11 is 0. The van der Waals surface area contributed by atoms with Crippen molar-refractivity contribution in [2.75, 3.05) is 62.9 Å². The molecule has 0 fully saturated rings. The molecule has 1 heterocycles. The normalized spacial score (nSPS) is 12.9. The van der Waals surface area contributed by atoms with Gasteiger partial charge >= 0.3 is 12.0 Å². The largest absolute Gasteiger partial charge is 0.460 e. The molecule has 1 aliphatic rings. The maximum Gasteiger partial charge on any atom is 0.312 e. The second-order valence-corrected chi connectivity index (χ2v) is 18.8. The number of hydrogen-bond donors (Lipinski definition) is 8. The number of ether oxygens (including phenoxy) is 4. The number of carbonyl (C=O) groups excluding carboxylic acids is 8. The van der Waals surface area contributed by atoms with Crippen molar-refractivity contribution in [3.8, 4) is 11.8 Å². The number of amides is 8. The van der Waals surface area contributed by atoms with Crippen LogP contribution in [0.25, 0.3) is 0 Å². The van der Waals surface area contributed by atoms with Gasteiger partial charge in [0.1, 0.15) is 30.3 Å². The SMILES string of the molecule is CC(C)C(NC(=O)C(CCC(=O)OC(C)(C)C)NC(=O)COCCOCCOCCNC(=O)CCC(=O)N1Cc2ccccc2C#Cc2ccccc21)C(=O)NC(CCCNC(N)=O)C(=O)Nc1ccc(CO)cc1. The molecule has 0 bridgehead atoms. The van der Waals surface area contributed by atoms with Gasteiger partial charge in [0.2, 0.25) is 35.4 Å². The standard InChI is InChI=1S/C54H72N8O13/c1-36(2)49(52(70)60-42(14-10-26-57-53(55)71)50(68)58-41-20-16-37(34-63)17-21-41)61-51(69)43(22-25-48(67)75-54(3,4)5)59-46(65)35-74-32-31-73-30-29-72-28-27-56-45(64)23-24-47(66)62-33-40-13-7-6-11-38(40)18-19-39-12-8-9-15-44(39)62/h6-9,11-13,15-17,20-21,36,42-43,49,63H,10,14,22-35H2,1-5H3,(H,56,64)(H,58,68)(H,59,65)(H,60,70)(H,61,69)(H3,55,57,71). The Morgan fingerprint density at radius 1 is 0.680 bits per heavy atom. The van der Waals surface area contributed by atoms with Crippen LogP contribution in [0.3, 0.4) is 0 Å². The molecule has 9 N–H and O–H groups in total. The molecule has 3 atom stereocenters. The molecule has 0 saturated carbocycles. The summed E-state index contributed by atoms with van der Waals surface area (Å²) in [5, 5.41) is 25.3. The first-order chi connectivity index (χ1) is 35.8. The van der Waals surface area contributed by atoms with E-state index in [9.17, 15) is 43.5 Å². The van der Waals surface area contributed by atoms with Gasteiger partial charge in [0.25, 0.3) is 0 Å². The van der Waals surface area contributed by atoms with Crippen LogP contribution in [-0.4, -0.2) is 129 Å². The molecular formula is C54H72N8O13. The van der Waals surface area contributed by atoms with Crippen molar-refractivity contribution < 1.29 is 62.4 Å². The second-order valence-electron chi connectivity index (χ2n) is 18.8. The van der Waals surface area contributed by atoms with Crippen LogP contribution in [0.2, 0.25) is 0 Å². The van der Waals surface area contributed by atoms with Crippen LogP contribution in [0.1, 0.15) is 95.4 Å². The van der Waals surface area contributed by atoms with Crippen molar-refractivity contribution in [1.82, 2.24) is 26.6 Å². The molecule has 3 aromatic carbocycles. The highest BCUT2D eigenvalue weighted by Gasteiger charge is 2.32. The lowest BCUT2D eigenvalue weighted by Crippen LogP contribution is -2.58.